The van der Waals surface area contributed by atoms with Crippen molar-refractivity contribution in [3.05, 3.63) is 65.7 Å². The minimum atomic E-state index is -0.452. The number of para-hydroxylation sites is 1. The van der Waals surface area contributed by atoms with Crippen LogP contribution in [0.25, 0.3) is 0 Å². The molecule has 1 fully saturated rings. The molecule has 0 aliphatic carbocycles. The predicted molar refractivity (Wildman–Crippen MR) is 90.6 cm³/mol. The molecule has 1 amide bonds. The fourth-order valence-corrected chi connectivity index (χ4v) is 3.97. The number of benzene rings is 2. The Kier molecular flexibility index (Phi) is 3.71. The Morgan fingerprint density at radius 1 is 1.09 bits per heavy atom. The summed E-state index contributed by atoms with van der Waals surface area (Å²) < 4.78 is 0. The van der Waals surface area contributed by atoms with Gasteiger partial charge in [0.1, 0.15) is 0 Å². The van der Waals surface area contributed by atoms with Gasteiger partial charge in [0.2, 0.25) is 5.91 Å². The topological polar surface area (TPSA) is 32.3 Å². The first-order valence-electron chi connectivity index (χ1n) is 7.41. The Labute approximate surface area is 136 Å². The van der Waals surface area contributed by atoms with E-state index in [0.29, 0.717) is 0 Å². The molecule has 2 aromatic rings. The molecule has 0 radical (unpaired) electrons. The summed E-state index contributed by atoms with van der Waals surface area (Å²) in [7, 11) is 1.89. The van der Waals surface area contributed by atoms with E-state index in [1.165, 1.54) is 5.56 Å². The molecule has 2 aromatic carbocycles. The highest BCUT2D eigenvalue weighted by Crippen LogP contribution is 2.52. The van der Waals surface area contributed by atoms with Gasteiger partial charge in [-0.25, -0.2) is 0 Å². The lowest BCUT2D eigenvalue weighted by Crippen LogP contribution is -2.42. The van der Waals surface area contributed by atoms with Crippen LogP contribution in [0.15, 0.2) is 54.6 Å². The Morgan fingerprint density at radius 2 is 1.77 bits per heavy atom. The van der Waals surface area contributed by atoms with E-state index in [-0.39, 0.29) is 24.4 Å². The van der Waals surface area contributed by atoms with Crippen molar-refractivity contribution in [1.82, 2.24) is 5.32 Å². The maximum atomic E-state index is 13.1. The van der Waals surface area contributed by atoms with Gasteiger partial charge in [-0.2, -0.15) is 0 Å². The van der Waals surface area contributed by atoms with Gasteiger partial charge in [0.05, 0.1) is 11.5 Å². The number of hydrogen-bond acceptors (Lipinski definition) is 2. The molecule has 4 heteroatoms. The van der Waals surface area contributed by atoms with Crippen molar-refractivity contribution < 1.29 is 4.79 Å². The molecule has 114 valence electrons. The van der Waals surface area contributed by atoms with E-state index in [1.807, 2.05) is 48.3 Å². The first-order chi connectivity index (χ1) is 10.2. The molecule has 0 bridgehead atoms. The van der Waals surface area contributed by atoms with Crippen molar-refractivity contribution in [2.24, 2.45) is 0 Å². The number of halogens is 1. The van der Waals surface area contributed by atoms with Gasteiger partial charge < -0.3 is 10.2 Å². The molecule has 2 aliphatic rings. The van der Waals surface area contributed by atoms with Crippen LogP contribution in [0.2, 0.25) is 0 Å². The summed E-state index contributed by atoms with van der Waals surface area (Å²) in [5.74, 6) is 0.211. The van der Waals surface area contributed by atoms with Gasteiger partial charge in [0.15, 0.2) is 0 Å². The second kappa shape index (κ2) is 5.41. The lowest BCUT2D eigenvalue weighted by atomic mass is 9.73. The highest BCUT2D eigenvalue weighted by atomic mass is 35.5. The average molecular weight is 315 g/mol. The van der Waals surface area contributed by atoms with Gasteiger partial charge in [-0.3, -0.25) is 4.79 Å². The number of hydrogen-bond donors (Lipinski definition) is 1. The molecular formula is C18H19ClN2O. The van der Waals surface area contributed by atoms with E-state index in [0.717, 1.165) is 24.2 Å². The normalized spacial score (nSPS) is 26.1. The van der Waals surface area contributed by atoms with E-state index >= 15 is 0 Å². The molecule has 1 unspecified atom stereocenters. The molecule has 0 saturated carbocycles. The standard InChI is InChI=1S/C18H18N2O.ClH/c1-20-15-10-6-5-9-14(15)18(17(20)21)11-12-19-16(18)13-7-3-2-4-8-13;/h2-10,16,19H,11-12H2,1H3;1H/t16-,18?;/m0./s1. The molecule has 3 nitrogen and oxygen atoms in total. The Bertz CT molecular complexity index is 703. The second-order valence-electron chi connectivity index (χ2n) is 5.90. The van der Waals surface area contributed by atoms with Crippen LogP contribution in [0, 0.1) is 0 Å². The van der Waals surface area contributed by atoms with Crippen LogP contribution in [0.4, 0.5) is 5.69 Å². The van der Waals surface area contributed by atoms with Gasteiger partial charge in [0.25, 0.3) is 0 Å². The third-order valence-corrected chi connectivity index (χ3v) is 4.93. The summed E-state index contributed by atoms with van der Waals surface area (Å²) >= 11 is 0. The average Bonchev–Trinajstić information content (AvgIpc) is 3.07. The van der Waals surface area contributed by atoms with Gasteiger partial charge in [0, 0.05) is 12.7 Å². The van der Waals surface area contributed by atoms with Crippen molar-refractivity contribution in [1.29, 1.82) is 0 Å². The summed E-state index contributed by atoms with van der Waals surface area (Å²) in [6, 6.07) is 18.6. The maximum absolute atomic E-state index is 13.1. The summed E-state index contributed by atoms with van der Waals surface area (Å²) in [6.07, 6.45) is 0.854. The van der Waals surface area contributed by atoms with Crippen LogP contribution in [0.3, 0.4) is 0 Å². The van der Waals surface area contributed by atoms with Gasteiger partial charge in [-0.05, 0) is 30.2 Å². The Morgan fingerprint density at radius 3 is 2.55 bits per heavy atom. The third-order valence-electron chi connectivity index (χ3n) is 4.93. The van der Waals surface area contributed by atoms with Crippen molar-refractivity contribution in [2.45, 2.75) is 17.9 Å². The Balaban J connectivity index is 0.00000144. The molecule has 0 aromatic heterocycles. The molecule has 22 heavy (non-hydrogen) atoms. The lowest BCUT2D eigenvalue weighted by Gasteiger charge is -2.30. The van der Waals surface area contributed by atoms with Crippen molar-refractivity contribution in [2.75, 3.05) is 18.5 Å². The third kappa shape index (κ3) is 1.82. The number of nitrogens with one attached hydrogen (secondary N) is 1. The predicted octanol–water partition coefficient (Wildman–Crippen LogP) is 3.06. The van der Waals surface area contributed by atoms with Crippen LogP contribution >= 0.6 is 12.4 Å². The van der Waals surface area contributed by atoms with E-state index < -0.39 is 5.41 Å². The minimum absolute atomic E-state index is 0. The molecule has 2 aliphatic heterocycles. The summed E-state index contributed by atoms with van der Waals surface area (Å²) in [4.78, 5) is 14.9. The highest BCUT2D eigenvalue weighted by Gasteiger charge is 2.57. The fourth-order valence-electron chi connectivity index (χ4n) is 3.97. The molecule has 2 heterocycles. The number of likely N-dealkylation sites (N-methyl/N-ethyl adjacent to an activating group) is 1. The number of fused-ring (bicyclic) bond motifs is 2. The van der Waals surface area contributed by atoms with Crippen LogP contribution < -0.4 is 10.2 Å². The summed E-state index contributed by atoms with van der Waals surface area (Å²) in [5, 5.41) is 3.55. The highest BCUT2D eigenvalue weighted by molar-refractivity contribution is 6.08. The van der Waals surface area contributed by atoms with E-state index in [4.69, 9.17) is 0 Å². The first kappa shape index (κ1) is 15.1. The fraction of sp³-hybridized carbons (Fsp3) is 0.278. The van der Waals surface area contributed by atoms with Gasteiger partial charge >= 0.3 is 0 Å². The minimum Gasteiger partial charge on any atom is -0.314 e. The zero-order chi connectivity index (χ0) is 14.4. The van der Waals surface area contributed by atoms with Crippen LogP contribution in [0.1, 0.15) is 23.6 Å². The summed E-state index contributed by atoms with van der Waals surface area (Å²) in [6.45, 7) is 0.869. The molecule has 1 spiro atoms. The zero-order valence-electron chi connectivity index (χ0n) is 12.5. The molecule has 1 N–H and O–H groups in total. The van der Waals surface area contributed by atoms with Crippen molar-refractivity contribution in [3.8, 4) is 0 Å². The van der Waals surface area contributed by atoms with Crippen LogP contribution in [-0.4, -0.2) is 19.5 Å². The molecule has 2 atom stereocenters. The Hall–Kier alpha value is -1.84. The van der Waals surface area contributed by atoms with Crippen molar-refractivity contribution in [3.63, 3.8) is 0 Å². The largest absolute Gasteiger partial charge is 0.314 e. The maximum Gasteiger partial charge on any atom is 0.239 e. The SMILES string of the molecule is CN1C(=O)C2(CCN[C@H]2c2ccccc2)c2ccccc21.Cl. The van der Waals surface area contributed by atoms with E-state index in [9.17, 15) is 4.79 Å². The van der Waals surface area contributed by atoms with Gasteiger partial charge in [-0.1, -0.05) is 48.5 Å². The summed E-state index contributed by atoms with van der Waals surface area (Å²) in [5.41, 5.74) is 2.95. The van der Waals surface area contributed by atoms with Crippen molar-refractivity contribution >= 4 is 24.0 Å². The lowest BCUT2D eigenvalue weighted by molar-refractivity contribution is -0.123. The second-order valence-corrected chi connectivity index (χ2v) is 5.90. The zero-order valence-corrected chi connectivity index (χ0v) is 13.3. The number of rotatable bonds is 1. The smallest absolute Gasteiger partial charge is 0.239 e. The molecule has 1 saturated heterocycles. The molecule has 4 rings (SSSR count). The number of nitrogens with zero attached hydrogens (tertiary/aromatic N) is 1. The van der Waals surface area contributed by atoms with Crippen LogP contribution in [0.5, 0.6) is 0 Å². The van der Waals surface area contributed by atoms with Crippen LogP contribution in [-0.2, 0) is 10.2 Å². The van der Waals surface area contributed by atoms with Gasteiger partial charge in [-0.15, -0.1) is 12.4 Å². The number of amides is 1. The first-order valence-corrected chi connectivity index (χ1v) is 7.41. The quantitative estimate of drug-likeness (QED) is 0.877. The number of anilines is 1. The van der Waals surface area contributed by atoms with E-state index in [1.54, 1.807) is 0 Å². The number of carbonyl (C=O) groups excluding carboxylic acids is 1. The van der Waals surface area contributed by atoms with E-state index in [2.05, 4.69) is 23.5 Å². The monoisotopic (exact) mass is 314 g/mol. The number of carbonyl (C=O) groups is 1. The molecular weight excluding hydrogens is 296 g/mol.